The topological polar surface area (TPSA) is 62.7 Å². The van der Waals surface area contributed by atoms with Gasteiger partial charge >= 0.3 is 6.18 Å². The molecular formula is C22H22F3N5. The van der Waals surface area contributed by atoms with Crippen molar-refractivity contribution in [2.24, 2.45) is 0 Å². The van der Waals surface area contributed by atoms with Gasteiger partial charge < -0.3 is 10.6 Å². The molecular weight excluding hydrogens is 391 g/mol. The largest absolute Gasteiger partial charge is 0.418 e. The molecule has 3 aromatic rings. The summed E-state index contributed by atoms with van der Waals surface area (Å²) in [7, 11) is 0. The summed E-state index contributed by atoms with van der Waals surface area (Å²) in [5.74, 6) is 0.689. The highest BCUT2D eigenvalue weighted by molar-refractivity contribution is 5.68. The fraction of sp³-hybridized carbons (Fsp3) is 0.318. The summed E-state index contributed by atoms with van der Waals surface area (Å²) in [6.07, 6.45) is 4.42. The third kappa shape index (κ3) is 4.87. The van der Waals surface area contributed by atoms with Crippen molar-refractivity contribution in [3.05, 3.63) is 60.4 Å². The fourth-order valence-corrected chi connectivity index (χ4v) is 3.64. The monoisotopic (exact) mass is 413 g/mol. The highest BCUT2D eigenvalue weighted by Gasteiger charge is 2.33. The second-order valence-corrected chi connectivity index (χ2v) is 7.35. The van der Waals surface area contributed by atoms with Crippen molar-refractivity contribution in [3.63, 3.8) is 0 Å². The third-order valence-electron chi connectivity index (χ3n) is 5.12. The molecule has 2 N–H and O–H groups in total. The highest BCUT2D eigenvalue weighted by Crippen LogP contribution is 2.36. The zero-order valence-electron chi connectivity index (χ0n) is 16.3. The Bertz CT molecular complexity index is 986. The van der Waals surface area contributed by atoms with Crippen LogP contribution in [0.25, 0.3) is 11.3 Å². The molecule has 30 heavy (non-hydrogen) atoms. The molecule has 4 rings (SSSR count). The van der Waals surface area contributed by atoms with Gasteiger partial charge in [-0.15, -0.1) is 0 Å². The number of halogens is 3. The molecule has 1 aromatic carbocycles. The number of hydrogen-bond donors (Lipinski definition) is 2. The Balaban J connectivity index is 1.69. The molecule has 1 aliphatic rings. The lowest BCUT2D eigenvalue weighted by Crippen LogP contribution is -2.23. The van der Waals surface area contributed by atoms with Gasteiger partial charge in [-0.05, 0) is 37.1 Å². The van der Waals surface area contributed by atoms with Crippen LogP contribution in [0.3, 0.4) is 0 Å². The Morgan fingerprint density at radius 2 is 1.73 bits per heavy atom. The summed E-state index contributed by atoms with van der Waals surface area (Å²) in [6.45, 7) is 0. The summed E-state index contributed by atoms with van der Waals surface area (Å²) in [5, 5.41) is 6.19. The maximum Gasteiger partial charge on any atom is 0.418 e. The summed E-state index contributed by atoms with van der Waals surface area (Å²) in [6, 6.07) is 10.9. The molecule has 5 nitrogen and oxygen atoms in total. The second kappa shape index (κ2) is 8.69. The minimum absolute atomic E-state index is 0.0514. The van der Waals surface area contributed by atoms with Crippen molar-refractivity contribution in [1.82, 2.24) is 15.0 Å². The molecule has 8 heteroatoms. The van der Waals surface area contributed by atoms with Crippen molar-refractivity contribution >= 4 is 17.5 Å². The number of nitrogens with zero attached hydrogens (tertiary/aromatic N) is 3. The first kappa shape index (κ1) is 20.1. The molecule has 1 aliphatic carbocycles. The number of rotatable bonds is 5. The quantitative estimate of drug-likeness (QED) is 0.533. The summed E-state index contributed by atoms with van der Waals surface area (Å²) in [5.41, 5.74) is 0.555. The van der Waals surface area contributed by atoms with E-state index in [0.717, 1.165) is 37.3 Å². The number of benzene rings is 1. The van der Waals surface area contributed by atoms with E-state index in [0.29, 0.717) is 17.5 Å². The van der Waals surface area contributed by atoms with E-state index >= 15 is 0 Å². The fourth-order valence-electron chi connectivity index (χ4n) is 3.64. The molecule has 0 amide bonds. The number of aromatic nitrogens is 3. The summed E-state index contributed by atoms with van der Waals surface area (Å²) < 4.78 is 40.2. The Kier molecular flexibility index (Phi) is 5.83. The molecule has 2 heterocycles. The standard InChI is InChI=1S/C22H22F3N5/c23-22(24,25)17-10-4-5-11-18(17)28-20-13-19(15-7-6-12-26-14-15)29-21(30-20)27-16-8-2-1-3-9-16/h4-7,10-14,16H,1-3,8-9H2,(H2,27,28,29,30). The van der Waals surface area contributed by atoms with Gasteiger partial charge in [0.25, 0.3) is 0 Å². The molecule has 2 aromatic heterocycles. The number of pyridine rings is 1. The second-order valence-electron chi connectivity index (χ2n) is 7.35. The minimum Gasteiger partial charge on any atom is -0.351 e. The lowest BCUT2D eigenvalue weighted by Gasteiger charge is -2.23. The molecule has 0 spiro atoms. The molecule has 0 atom stereocenters. The Morgan fingerprint density at radius 3 is 2.47 bits per heavy atom. The first-order valence-corrected chi connectivity index (χ1v) is 9.98. The molecule has 1 saturated carbocycles. The van der Waals surface area contributed by atoms with E-state index in [1.165, 1.54) is 18.6 Å². The van der Waals surface area contributed by atoms with E-state index in [2.05, 4.69) is 25.6 Å². The Morgan fingerprint density at radius 1 is 0.933 bits per heavy atom. The molecule has 156 valence electrons. The van der Waals surface area contributed by atoms with Gasteiger partial charge in [-0.25, -0.2) is 4.98 Å². The predicted molar refractivity (Wildman–Crippen MR) is 110 cm³/mol. The van der Waals surface area contributed by atoms with Gasteiger partial charge in [-0.2, -0.15) is 18.2 Å². The van der Waals surface area contributed by atoms with Crippen LogP contribution in [-0.4, -0.2) is 21.0 Å². The maximum absolute atomic E-state index is 13.4. The van der Waals surface area contributed by atoms with Crippen LogP contribution in [0.4, 0.5) is 30.6 Å². The third-order valence-corrected chi connectivity index (χ3v) is 5.12. The van der Waals surface area contributed by atoms with Crippen molar-refractivity contribution < 1.29 is 13.2 Å². The van der Waals surface area contributed by atoms with E-state index in [4.69, 9.17) is 0 Å². The van der Waals surface area contributed by atoms with Crippen LogP contribution in [0.5, 0.6) is 0 Å². The smallest absolute Gasteiger partial charge is 0.351 e. The van der Waals surface area contributed by atoms with Crippen LogP contribution in [0.15, 0.2) is 54.9 Å². The number of para-hydroxylation sites is 1. The van der Waals surface area contributed by atoms with Gasteiger partial charge in [0, 0.05) is 30.1 Å². The van der Waals surface area contributed by atoms with E-state index in [9.17, 15) is 13.2 Å². The summed E-state index contributed by atoms with van der Waals surface area (Å²) >= 11 is 0. The average Bonchev–Trinajstić information content (AvgIpc) is 2.74. The van der Waals surface area contributed by atoms with Crippen molar-refractivity contribution in [3.8, 4) is 11.3 Å². The van der Waals surface area contributed by atoms with E-state index < -0.39 is 11.7 Å². The lowest BCUT2D eigenvalue weighted by molar-refractivity contribution is -0.136. The van der Waals surface area contributed by atoms with Crippen LogP contribution in [0, 0.1) is 0 Å². The van der Waals surface area contributed by atoms with Gasteiger partial charge in [0.2, 0.25) is 5.95 Å². The number of hydrogen-bond acceptors (Lipinski definition) is 5. The molecule has 0 bridgehead atoms. The Hall–Kier alpha value is -3.16. The average molecular weight is 413 g/mol. The van der Waals surface area contributed by atoms with Crippen molar-refractivity contribution in [2.45, 2.75) is 44.3 Å². The normalized spacial score (nSPS) is 15.0. The van der Waals surface area contributed by atoms with Crippen LogP contribution >= 0.6 is 0 Å². The first-order valence-electron chi connectivity index (χ1n) is 9.98. The molecule has 0 aliphatic heterocycles. The van der Waals surface area contributed by atoms with E-state index in [1.807, 2.05) is 6.07 Å². The van der Waals surface area contributed by atoms with Crippen LogP contribution in [-0.2, 0) is 6.18 Å². The maximum atomic E-state index is 13.4. The molecule has 0 unspecified atom stereocenters. The summed E-state index contributed by atoms with van der Waals surface area (Å²) in [4.78, 5) is 13.2. The Labute approximate surface area is 172 Å². The number of nitrogens with one attached hydrogen (secondary N) is 2. The van der Waals surface area contributed by atoms with Crippen LogP contribution in [0.1, 0.15) is 37.7 Å². The van der Waals surface area contributed by atoms with Gasteiger partial charge in [0.1, 0.15) is 5.82 Å². The van der Waals surface area contributed by atoms with Gasteiger partial charge in [0.15, 0.2) is 0 Å². The van der Waals surface area contributed by atoms with Crippen molar-refractivity contribution in [1.29, 1.82) is 0 Å². The van der Waals surface area contributed by atoms with E-state index in [1.54, 1.807) is 30.6 Å². The van der Waals surface area contributed by atoms with Crippen LogP contribution in [0.2, 0.25) is 0 Å². The van der Waals surface area contributed by atoms with Crippen molar-refractivity contribution in [2.75, 3.05) is 10.6 Å². The van der Waals surface area contributed by atoms with Gasteiger partial charge in [0.05, 0.1) is 16.9 Å². The number of alkyl halides is 3. The number of anilines is 3. The minimum atomic E-state index is -4.47. The lowest BCUT2D eigenvalue weighted by atomic mass is 9.96. The molecule has 0 saturated heterocycles. The van der Waals surface area contributed by atoms with Gasteiger partial charge in [-0.3, -0.25) is 4.98 Å². The molecule has 1 fully saturated rings. The van der Waals surface area contributed by atoms with E-state index in [-0.39, 0.29) is 11.7 Å². The highest BCUT2D eigenvalue weighted by atomic mass is 19.4. The van der Waals surface area contributed by atoms with Gasteiger partial charge in [-0.1, -0.05) is 31.4 Å². The zero-order chi connectivity index (χ0) is 21.0. The SMILES string of the molecule is FC(F)(F)c1ccccc1Nc1cc(-c2cccnc2)nc(NC2CCCCC2)n1. The first-order chi connectivity index (χ1) is 14.5. The zero-order valence-corrected chi connectivity index (χ0v) is 16.3. The van der Waals surface area contributed by atoms with Crippen LogP contribution < -0.4 is 10.6 Å². The molecule has 0 radical (unpaired) electrons. The predicted octanol–water partition coefficient (Wildman–Crippen LogP) is 6.05.